The Labute approximate surface area is 198 Å². The average molecular weight is 467 g/mol. The monoisotopic (exact) mass is 466 g/mol. The third-order valence-corrected chi connectivity index (χ3v) is 6.34. The van der Waals surface area contributed by atoms with Gasteiger partial charge in [0.15, 0.2) is 0 Å². The predicted octanol–water partition coefficient (Wildman–Crippen LogP) is 4.08. The van der Waals surface area contributed by atoms with Crippen molar-refractivity contribution in [2.75, 3.05) is 25.2 Å². The van der Waals surface area contributed by atoms with Crippen LogP contribution < -0.4 is 10.2 Å². The molecule has 0 unspecified atom stereocenters. The number of hydrogen-bond donors (Lipinski definition) is 1. The Morgan fingerprint density at radius 1 is 1.21 bits per heavy atom. The zero-order valence-electron chi connectivity index (χ0n) is 19.0. The third kappa shape index (κ3) is 4.38. The average Bonchev–Trinajstić information content (AvgIpc) is 3.23. The molecule has 0 fully saturated rings. The minimum Gasteiger partial charge on any atom is -0.385 e. The van der Waals surface area contributed by atoms with Gasteiger partial charge in [0.05, 0.1) is 12.2 Å². The molecule has 2 heterocycles. The maximum absolute atomic E-state index is 13.8. The Hall–Kier alpha value is -3.16. The van der Waals surface area contributed by atoms with E-state index in [9.17, 15) is 9.59 Å². The summed E-state index contributed by atoms with van der Waals surface area (Å²) in [6.45, 7) is 4.85. The van der Waals surface area contributed by atoms with Gasteiger partial charge in [-0.25, -0.2) is 0 Å². The number of hydrogen-bond acceptors (Lipinski definition) is 4. The van der Waals surface area contributed by atoms with Gasteiger partial charge in [0, 0.05) is 36.5 Å². The normalized spacial score (nSPS) is 17.7. The summed E-state index contributed by atoms with van der Waals surface area (Å²) in [5.74, 6) is -0.559. The summed E-state index contributed by atoms with van der Waals surface area (Å²) in [4.78, 5) is 28.7. The number of halogens is 1. The number of aryl methyl sites for hydroxylation is 1. The standard InChI is InChI=1S/C25H27ClN4O3/c1-17-10-11-19(14-20(17)26)30-23(31)22-15-21(18-8-5-4-6-9-18)28-29(22)16-25(30,2)24(32)27-12-7-13-33-3/h4-6,8-11,14-15H,7,12-13,16H2,1-3H3,(H,27,32)/t25-/m1/s1. The van der Waals surface area contributed by atoms with E-state index in [4.69, 9.17) is 16.3 Å². The van der Waals surface area contributed by atoms with Crippen LogP contribution in [0.1, 0.15) is 29.4 Å². The van der Waals surface area contributed by atoms with Crippen molar-refractivity contribution in [1.82, 2.24) is 15.1 Å². The molecule has 0 saturated heterocycles. The molecule has 3 aromatic rings. The molecule has 0 spiro atoms. The Kier molecular flexibility index (Phi) is 6.54. The molecule has 1 atom stereocenters. The van der Waals surface area contributed by atoms with Crippen LogP contribution in [0.2, 0.25) is 5.02 Å². The number of nitrogens with one attached hydrogen (secondary N) is 1. The third-order valence-electron chi connectivity index (χ3n) is 5.94. The molecule has 0 aliphatic carbocycles. The molecule has 1 N–H and O–H groups in total. The molecule has 0 bridgehead atoms. The maximum Gasteiger partial charge on any atom is 0.277 e. The molecule has 1 aromatic heterocycles. The van der Waals surface area contributed by atoms with E-state index in [1.54, 1.807) is 30.8 Å². The summed E-state index contributed by atoms with van der Waals surface area (Å²) in [5.41, 5.74) is 2.28. The molecule has 2 amide bonds. The minimum atomic E-state index is -1.20. The molecule has 1 aliphatic rings. The zero-order valence-corrected chi connectivity index (χ0v) is 19.7. The first-order valence-corrected chi connectivity index (χ1v) is 11.2. The molecule has 2 aromatic carbocycles. The summed E-state index contributed by atoms with van der Waals surface area (Å²) in [5, 5.41) is 8.15. The van der Waals surface area contributed by atoms with E-state index in [0.29, 0.717) is 41.7 Å². The van der Waals surface area contributed by atoms with Crippen molar-refractivity contribution in [3.63, 3.8) is 0 Å². The van der Waals surface area contributed by atoms with Crippen LogP contribution in [0.4, 0.5) is 5.69 Å². The van der Waals surface area contributed by atoms with Crippen molar-refractivity contribution in [3.05, 3.63) is 70.9 Å². The van der Waals surface area contributed by atoms with Gasteiger partial charge in [0.1, 0.15) is 11.2 Å². The van der Waals surface area contributed by atoms with Crippen LogP contribution in [0.25, 0.3) is 11.3 Å². The van der Waals surface area contributed by atoms with E-state index < -0.39 is 5.54 Å². The van der Waals surface area contributed by atoms with Crippen molar-refractivity contribution in [2.24, 2.45) is 0 Å². The lowest BCUT2D eigenvalue weighted by atomic mass is 9.93. The van der Waals surface area contributed by atoms with Crippen LogP contribution in [0.15, 0.2) is 54.6 Å². The number of anilines is 1. The molecule has 0 saturated carbocycles. The highest BCUT2D eigenvalue weighted by Gasteiger charge is 2.48. The fourth-order valence-electron chi connectivity index (χ4n) is 4.07. The van der Waals surface area contributed by atoms with E-state index in [2.05, 4.69) is 10.4 Å². The first-order chi connectivity index (χ1) is 15.8. The van der Waals surface area contributed by atoms with E-state index in [1.165, 1.54) is 4.90 Å². The first kappa shape index (κ1) is 23.0. The highest BCUT2D eigenvalue weighted by Crippen LogP contribution is 2.35. The Balaban J connectivity index is 1.76. The minimum absolute atomic E-state index is 0.211. The summed E-state index contributed by atoms with van der Waals surface area (Å²) < 4.78 is 6.70. The SMILES string of the molecule is COCCCNC(=O)[C@@]1(C)Cn2nc(-c3ccccc3)cc2C(=O)N1c1ccc(C)c(Cl)c1. The lowest BCUT2D eigenvalue weighted by Gasteiger charge is -2.43. The van der Waals surface area contributed by atoms with Crippen LogP contribution >= 0.6 is 11.6 Å². The summed E-state index contributed by atoms with van der Waals surface area (Å²) in [7, 11) is 1.62. The van der Waals surface area contributed by atoms with Gasteiger partial charge in [-0.3, -0.25) is 19.2 Å². The number of carbonyl (C=O) groups excluding carboxylic acids is 2. The molecule has 1 aliphatic heterocycles. The Morgan fingerprint density at radius 3 is 2.67 bits per heavy atom. The highest BCUT2D eigenvalue weighted by atomic mass is 35.5. The summed E-state index contributed by atoms with van der Waals surface area (Å²) in [6, 6.07) is 16.8. The molecular formula is C25H27ClN4O3. The second-order valence-corrected chi connectivity index (χ2v) is 8.80. The van der Waals surface area contributed by atoms with Gasteiger partial charge in [0.25, 0.3) is 5.91 Å². The summed E-state index contributed by atoms with van der Waals surface area (Å²) >= 11 is 6.39. The molecule has 7 nitrogen and oxygen atoms in total. The lowest BCUT2D eigenvalue weighted by Crippen LogP contribution is -2.64. The zero-order chi connectivity index (χ0) is 23.6. The van der Waals surface area contributed by atoms with Crippen LogP contribution in [-0.2, 0) is 16.1 Å². The van der Waals surface area contributed by atoms with Gasteiger partial charge in [0.2, 0.25) is 5.91 Å². The van der Waals surface area contributed by atoms with Crippen molar-refractivity contribution in [3.8, 4) is 11.3 Å². The number of rotatable bonds is 7. The first-order valence-electron chi connectivity index (χ1n) is 10.9. The lowest BCUT2D eigenvalue weighted by molar-refractivity contribution is -0.126. The molecule has 0 radical (unpaired) electrons. The van der Waals surface area contributed by atoms with Crippen LogP contribution in [0.5, 0.6) is 0 Å². The number of benzene rings is 2. The van der Waals surface area contributed by atoms with Gasteiger partial charge in [-0.15, -0.1) is 0 Å². The highest BCUT2D eigenvalue weighted by molar-refractivity contribution is 6.31. The number of methoxy groups -OCH3 is 1. The van der Waals surface area contributed by atoms with Crippen molar-refractivity contribution in [1.29, 1.82) is 0 Å². The maximum atomic E-state index is 13.8. The largest absolute Gasteiger partial charge is 0.385 e. The number of nitrogens with zero attached hydrogens (tertiary/aromatic N) is 3. The number of ether oxygens (including phenoxy) is 1. The molecule has 4 rings (SSSR count). The quantitative estimate of drug-likeness (QED) is 0.532. The number of fused-ring (bicyclic) bond motifs is 1. The van der Waals surface area contributed by atoms with Gasteiger partial charge < -0.3 is 10.1 Å². The van der Waals surface area contributed by atoms with Crippen LogP contribution in [0.3, 0.4) is 0 Å². The predicted molar refractivity (Wildman–Crippen MR) is 129 cm³/mol. The molecule has 8 heteroatoms. The molecule has 33 heavy (non-hydrogen) atoms. The summed E-state index contributed by atoms with van der Waals surface area (Å²) in [6.07, 6.45) is 0.674. The van der Waals surface area contributed by atoms with E-state index in [-0.39, 0.29) is 18.4 Å². The van der Waals surface area contributed by atoms with E-state index in [1.807, 2.05) is 49.4 Å². The molecule has 172 valence electrons. The van der Waals surface area contributed by atoms with Gasteiger partial charge in [-0.1, -0.05) is 48.0 Å². The van der Waals surface area contributed by atoms with Gasteiger partial charge in [-0.2, -0.15) is 5.10 Å². The molecular weight excluding hydrogens is 440 g/mol. The second-order valence-electron chi connectivity index (χ2n) is 8.39. The topological polar surface area (TPSA) is 76.5 Å². The van der Waals surface area contributed by atoms with Crippen molar-refractivity contribution < 1.29 is 14.3 Å². The fraction of sp³-hybridized carbons (Fsp3) is 0.320. The number of aromatic nitrogens is 2. The smallest absolute Gasteiger partial charge is 0.277 e. The van der Waals surface area contributed by atoms with Gasteiger partial charge in [-0.05, 0) is 44.0 Å². The number of amides is 2. The van der Waals surface area contributed by atoms with Crippen LogP contribution in [0, 0.1) is 6.92 Å². The Bertz CT molecular complexity index is 1180. The van der Waals surface area contributed by atoms with Gasteiger partial charge >= 0.3 is 0 Å². The van der Waals surface area contributed by atoms with E-state index in [0.717, 1.165) is 11.1 Å². The fourth-order valence-corrected chi connectivity index (χ4v) is 4.24. The van der Waals surface area contributed by atoms with Crippen molar-refractivity contribution >= 4 is 29.1 Å². The van der Waals surface area contributed by atoms with E-state index >= 15 is 0 Å². The van der Waals surface area contributed by atoms with Crippen LogP contribution in [-0.4, -0.2) is 47.4 Å². The Morgan fingerprint density at radius 2 is 1.97 bits per heavy atom. The van der Waals surface area contributed by atoms with Crippen molar-refractivity contribution in [2.45, 2.75) is 32.4 Å². The number of carbonyl (C=O) groups is 2. The second kappa shape index (κ2) is 9.37.